The van der Waals surface area contributed by atoms with Gasteiger partial charge in [-0.05, 0) is 72.6 Å². The zero-order chi connectivity index (χ0) is 24.6. The van der Waals surface area contributed by atoms with E-state index in [4.69, 9.17) is 18.9 Å². The Morgan fingerprint density at radius 3 is 2.89 bits per heavy atom. The van der Waals surface area contributed by atoms with Crippen molar-refractivity contribution in [2.24, 2.45) is 0 Å². The predicted octanol–water partition coefficient (Wildman–Crippen LogP) is 1.89. The maximum Gasteiger partial charge on any atom is 0.251 e. The Hall–Kier alpha value is -3.70. The van der Waals surface area contributed by atoms with Gasteiger partial charge in [-0.2, -0.15) is 4.68 Å². The van der Waals surface area contributed by atoms with E-state index in [1.165, 1.54) is 0 Å². The monoisotopic (exact) mass is 492 g/mol. The molecule has 0 radical (unpaired) electrons. The molecule has 1 fully saturated rings. The molecule has 0 aliphatic carbocycles. The summed E-state index contributed by atoms with van der Waals surface area (Å²) < 4.78 is 24.5. The van der Waals surface area contributed by atoms with Gasteiger partial charge in [-0.3, -0.25) is 9.69 Å². The number of methoxy groups -OCH3 is 1. The molecule has 0 saturated carbocycles. The van der Waals surface area contributed by atoms with Gasteiger partial charge in [0.05, 0.1) is 18.9 Å². The fraction of sp³-hybridized carbons (Fsp3) is 0.440. The molecule has 11 nitrogen and oxygen atoms in total. The number of aromatic nitrogens is 4. The van der Waals surface area contributed by atoms with Crippen molar-refractivity contribution in [3.05, 3.63) is 52.8 Å². The van der Waals surface area contributed by atoms with Crippen LogP contribution in [0.3, 0.4) is 0 Å². The van der Waals surface area contributed by atoms with Crippen molar-refractivity contribution in [3.8, 4) is 22.9 Å². The Bertz CT molecular complexity index is 1270. The summed E-state index contributed by atoms with van der Waals surface area (Å²) in [6.07, 6.45) is 2.96. The second-order valence-corrected chi connectivity index (χ2v) is 9.19. The molecule has 188 valence electrons. The molecule has 0 spiro atoms. The van der Waals surface area contributed by atoms with Gasteiger partial charge in [0.2, 0.25) is 12.5 Å². The van der Waals surface area contributed by atoms with Gasteiger partial charge in [-0.15, -0.1) is 5.10 Å². The fourth-order valence-corrected chi connectivity index (χ4v) is 5.18. The number of hydrogen-bond acceptors (Lipinski definition) is 9. The third-order valence-electron chi connectivity index (χ3n) is 7.02. The summed E-state index contributed by atoms with van der Waals surface area (Å²) >= 11 is 0. The van der Waals surface area contributed by atoms with Gasteiger partial charge in [0, 0.05) is 30.8 Å². The summed E-state index contributed by atoms with van der Waals surface area (Å²) in [7, 11) is 3.67. The van der Waals surface area contributed by atoms with Gasteiger partial charge in [0.1, 0.15) is 6.04 Å². The molecule has 3 aliphatic heterocycles. The highest BCUT2D eigenvalue weighted by Gasteiger charge is 2.37. The Balaban J connectivity index is 1.30. The van der Waals surface area contributed by atoms with E-state index in [0.717, 1.165) is 49.2 Å². The van der Waals surface area contributed by atoms with Gasteiger partial charge in [0.15, 0.2) is 17.3 Å². The van der Waals surface area contributed by atoms with E-state index in [0.29, 0.717) is 35.2 Å². The molecule has 4 heterocycles. The number of nitrogens with one attached hydrogen (secondary N) is 1. The van der Waals surface area contributed by atoms with Gasteiger partial charge < -0.3 is 24.3 Å². The minimum Gasteiger partial charge on any atom is -0.492 e. The molecular weight excluding hydrogens is 464 g/mol. The number of amides is 1. The van der Waals surface area contributed by atoms with Crippen LogP contribution < -0.4 is 19.5 Å². The first-order valence-corrected chi connectivity index (χ1v) is 12.1. The highest BCUT2D eigenvalue weighted by atomic mass is 16.7. The summed E-state index contributed by atoms with van der Waals surface area (Å²) in [5.41, 5.74) is 3.41. The molecule has 11 heteroatoms. The molecule has 3 aromatic rings. The van der Waals surface area contributed by atoms with Crippen molar-refractivity contribution in [3.63, 3.8) is 0 Å². The average Bonchev–Trinajstić information content (AvgIpc) is 3.68. The molecular formula is C25H28N6O5. The van der Waals surface area contributed by atoms with Crippen molar-refractivity contribution in [2.75, 3.05) is 40.6 Å². The smallest absolute Gasteiger partial charge is 0.251 e. The molecule has 1 amide bonds. The predicted molar refractivity (Wildman–Crippen MR) is 128 cm³/mol. The number of hydrogen-bond donors (Lipinski definition) is 1. The molecule has 1 saturated heterocycles. The second-order valence-electron chi connectivity index (χ2n) is 9.19. The van der Waals surface area contributed by atoms with Gasteiger partial charge in [0.25, 0.3) is 5.91 Å². The third kappa shape index (κ3) is 3.94. The van der Waals surface area contributed by atoms with Crippen LogP contribution in [0.1, 0.15) is 46.2 Å². The number of likely N-dealkylation sites (N-methyl/N-ethyl adjacent to an activating group) is 1. The SMILES string of the molecule is COc1c2c(cc3c1[C@@H](c1nnnn1-c1ccc(C(=O)NC[C@@H]4CCCO4)cc1)N(C)CC3)OCO2. The Morgan fingerprint density at radius 2 is 2.11 bits per heavy atom. The Kier molecular flexibility index (Phi) is 5.94. The molecule has 0 unspecified atom stereocenters. The number of benzene rings is 2. The lowest BCUT2D eigenvalue weighted by atomic mass is 9.90. The minimum atomic E-state index is -0.261. The fourth-order valence-electron chi connectivity index (χ4n) is 5.18. The molecule has 36 heavy (non-hydrogen) atoms. The molecule has 3 aliphatic rings. The molecule has 2 aromatic carbocycles. The zero-order valence-corrected chi connectivity index (χ0v) is 20.3. The van der Waals surface area contributed by atoms with Gasteiger partial charge >= 0.3 is 0 Å². The topological polar surface area (TPSA) is 113 Å². The molecule has 1 aromatic heterocycles. The second kappa shape index (κ2) is 9.40. The van der Waals surface area contributed by atoms with Gasteiger partial charge in [-0.25, -0.2) is 0 Å². The molecule has 0 bridgehead atoms. The normalized spacial score (nSPS) is 20.8. The van der Waals surface area contributed by atoms with Crippen LogP contribution >= 0.6 is 0 Å². The highest BCUT2D eigenvalue weighted by Crippen LogP contribution is 2.50. The molecule has 6 rings (SSSR count). The summed E-state index contributed by atoms with van der Waals surface area (Å²) in [4.78, 5) is 14.8. The number of nitrogens with zero attached hydrogens (tertiary/aromatic N) is 5. The van der Waals surface area contributed by atoms with Crippen LogP contribution in [0.5, 0.6) is 17.2 Å². The summed E-state index contributed by atoms with van der Waals surface area (Å²) in [5, 5.41) is 15.6. The maximum absolute atomic E-state index is 12.6. The van der Waals surface area contributed by atoms with E-state index in [9.17, 15) is 4.79 Å². The van der Waals surface area contributed by atoms with Gasteiger partial charge in [-0.1, -0.05) is 0 Å². The van der Waals surface area contributed by atoms with Crippen molar-refractivity contribution in [2.45, 2.75) is 31.4 Å². The number of carbonyl (C=O) groups is 1. The van der Waals surface area contributed by atoms with E-state index in [-0.39, 0.29) is 24.8 Å². The highest BCUT2D eigenvalue weighted by molar-refractivity contribution is 5.94. The van der Waals surface area contributed by atoms with E-state index < -0.39 is 0 Å². The maximum atomic E-state index is 12.6. The Labute approximate surface area is 208 Å². The standard InChI is InChI=1S/C25H28N6O5/c1-30-10-9-16-12-19-22(36-14-35-19)23(33-2)20(16)21(30)24-27-28-29-31(24)17-7-5-15(6-8-17)25(32)26-13-18-4-3-11-34-18/h5-8,12,18,21H,3-4,9-11,13-14H2,1-2H3,(H,26,32)/t18-,21-/m0/s1. The van der Waals surface area contributed by atoms with E-state index in [1.807, 2.05) is 25.2 Å². The summed E-state index contributed by atoms with van der Waals surface area (Å²) in [5.74, 6) is 2.46. The van der Waals surface area contributed by atoms with Crippen LogP contribution in [-0.4, -0.2) is 77.8 Å². The van der Waals surface area contributed by atoms with Crippen LogP contribution in [0.15, 0.2) is 30.3 Å². The van der Waals surface area contributed by atoms with Crippen LogP contribution in [-0.2, 0) is 11.2 Å². The van der Waals surface area contributed by atoms with Crippen LogP contribution in [0, 0.1) is 0 Å². The van der Waals surface area contributed by atoms with Crippen LogP contribution in [0.2, 0.25) is 0 Å². The van der Waals surface area contributed by atoms with E-state index >= 15 is 0 Å². The van der Waals surface area contributed by atoms with Crippen molar-refractivity contribution in [1.29, 1.82) is 0 Å². The van der Waals surface area contributed by atoms with E-state index in [1.54, 1.807) is 23.9 Å². The zero-order valence-electron chi connectivity index (χ0n) is 20.3. The average molecular weight is 493 g/mol. The first-order chi connectivity index (χ1) is 17.6. The number of ether oxygens (including phenoxy) is 4. The largest absolute Gasteiger partial charge is 0.492 e. The Morgan fingerprint density at radius 1 is 1.25 bits per heavy atom. The lowest BCUT2D eigenvalue weighted by Gasteiger charge is -2.34. The first kappa shape index (κ1) is 22.7. The van der Waals surface area contributed by atoms with Crippen LogP contribution in [0.4, 0.5) is 0 Å². The quantitative estimate of drug-likeness (QED) is 0.551. The minimum absolute atomic E-state index is 0.0996. The van der Waals surface area contributed by atoms with E-state index in [2.05, 4.69) is 25.7 Å². The van der Waals surface area contributed by atoms with Crippen molar-refractivity contribution in [1.82, 2.24) is 30.4 Å². The number of tetrazole rings is 1. The lowest BCUT2D eigenvalue weighted by molar-refractivity contribution is 0.0858. The molecule has 1 N–H and O–H groups in total. The number of rotatable bonds is 6. The summed E-state index contributed by atoms with van der Waals surface area (Å²) in [6, 6.07) is 9.02. The third-order valence-corrected chi connectivity index (χ3v) is 7.02. The van der Waals surface area contributed by atoms with Crippen molar-refractivity contribution >= 4 is 5.91 Å². The number of fused-ring (bicyclic) bond motifs is 2. The number of carbonyl (C=O) groups excluding carboxylic acids is 1. The van der Waals surface area contributed by atoms with Crippen molar-refractivity contribution < 1.29 is 23.7 Å². The first-order valence-electron chi connectivity index (χ1n) is 12.1. The summed E-state index contributed by atoms with van der Waals surface area (Å²) in [6.45, 7) is 2.27. The van der Waals surface area contributed by atoms with Crippen LogP contribution in [0.25, 0.3) is 5.69 Å². The molecule has 2 atom stereocenters. The lowest BCUT2D eigenvalue weighted by Crippen LogP contribution is -2.35.